The highest BCUT2D eigenvalue weighted by atomic mass is 32.2. The lowest BCUT2D eigenvalue weighted by Crippen LogP contribution is -2.21. The lowest BCUT2D eigenvalue weighted by molar-refractivity contribution is -0.124. The number of amides is 2. The molecule has 2 amide bonds. The van der Waals surface area contributed by atoms with E-state index in [2.05, 4.69) is 0 Å². The number of hydrogen-bond donors (Lipinski definition) is 3. The maximum atomic E-state index is 10.7. The van der Waals surface area contributed by atoms with Crippen molar-refractivity contribution in [2.24, 2.45) is 0 Å². The number of carbonyl (C=O) groups excluding carboxylic acids is 2. The van der Waals surface area contributed by atoms with Gasteiger partial charge in [-0.2, -0.15) is 21.6 Å². The van der Waals surface area contributed by atoms with Gasteiger partial charge in [-0.3, -0.25) is 19.5 Å². The first-order valence-corrected chi connectivity index (χ1v) is 4.69. The minimum Gasteiger partial charge on any atom is -0.503 e. The Hall–Kier alpha value is -1.62. The zero-order valence-corrected chi connectivity index (χ0v) is 7.96. The van der Waals surface area contributed by atoms with Crippen LogP contribution in [0.25, 0.3) is 0 Å². The molecule has 11 heteroatoms. The quantitative estimate of drug-likeness (QED) is 0.307. The van der Waals surface area contributed by atoms with E-state index in [4.69, 9.17) is 18.1 Å². The monoisotopic (exact) mass is 263 g/mol. The third-order valence-electron chi connectivity index (χ3n) is 1.03. The van der Waals surface area contributed by atoms with Gasteiger partial charge in [-0.05, 0) is 0 Å². The van der Waals surface area contributed by atoms with Crippen LogP contribution in [0.3, 0.4) is 0 Å². The largest absolute Gasteiger partial charge is 0.522 e. The van der Waals surface area contributed by atoms with Crippen LogP contribution in [0, 0.1) is 0 Å². The number of halogens is 3. The molecule has 0 bridgehead atoms. The SMILES string of the molecule is O=C1C=C(O)C(=O)N1.O=S(=O)(O)C(F)(F)F. The van der Waals surface area contributed by atoms with Crippen molar-refractivity contribution >= 4 is 21.9 Å². The molecule has 16 heavy (non-hydrogen) atoms. The molecule has 3 N–H and O–H groups in total. The number of hydrogen-bond acceptors (Lipinski definition) is 5. The molecule has 7 nitrogen and oxygen atoms in total. The zero-order valence-electron chi connectivity index (χ0n) is 7.15. The van der Waals surface area contributed by atoms with E-state index in [1.807, 2.05) is 5.32 Å². The van der Waals surface area contributed by atoms with Gasteiger partial charge in [0.2, 0.25) is 0 Å². The van der Waals surface area contributed by atoms with Crippen molar-refractivity contribution in [2.45, 2.75) is 5.51 Å². The summed E-state index contributed by atoms with van der Waals surface area (Å²) in [7, 11) is -5.84. The van der Waals surface area contributed by atoms with Crippen LogP contribution in [0.15, 0.2) is 11.8 Å². The maximum absolute atomic E-state index is 10.7. The molecule has 0 aromatic rings. The molecule has 0 radical (unpaired) electrons. The summed E-state index contributed by atoms with van der Waals surface area (Å²) in [6.45, 7) is 0. The predicted molar refractivity (Wildman–Crippen MR) is 41.5 cm³/mol. The Balaban J connectivity index is 0.000000281. The first-order valence-electron chi connectivity index (χ1n) is 3.25. The van der Waals surface area contributed by atoms with Gasteiger partial charge in [-0.1, -0.05) is 0 Å². The second kappa shape index (κ2) is 4.49. The first-order chi connectivity index (χ1) is 6.95. The Kier molecular flexibility index (Phi) is 4.03. The summed E-state index contributed by atoms with van der Waals surface area (Å²) in [5, 5.41) is 10.2. The van der Waals surface area contributed by atoms with Crippen molar-refractivity contribution in [2.75, 3.05) is 0 Å². The molecule has 0 aromatic heterocycles. The summed E-state index contributed by atoms with van der Waals surface area (Å²) in [6.07, 6.45) is 0.836. The van der Waals surface area contributed by atoms with Crippen LogP contribution < -0.4 is 5.32 Å². The van der Waals surface area contributed by atoms with E-state index in [-0.39, 0.29) is 0 Å². The normalized spacial score (nSPS) is 16.1. The van der Waals surface area contributed by atoms with E-state index >= 15 is 0 Å². The van der Waals surface area contributed by atoms with Gasteiger partial charge in [0.05, 0.1) is 6.08 Å². The van der Waals surface area contributed by atoms with Crippen LogP contribution in [0.5, 0.6) is 0 Å². The van der Waals surface area contributed by atoms with E-state index in [9.17, 15) is 22.8 Å². The molecule has 92 valence electrons. The van der Waals surface area contributed by atoms with Crippen LogP contribution in [-0.4, -0.2) is 35.4 Å². The number of imide groups is 1. The summed E-state index contributed by atoms with van der Waals surface area (Å²) in [4.78, 5) is 20.2. The Bertz CT molecular complexity index is 436. The molecule has 0 saturated carbocycles. The molecule has 0 aromatic carbocycles. The second-order valence-corrected chi connectivity index (χ2v) is 3.68. The molecule has 1 heterocycles. The molecule has 1 rings (SSSR count). The third kappa shape index (κ3) is 4.27. The van der Waals surface area contributed by atoms with Gasteiger partial charge in [0.25, 0.3) is 11.8 Å². The third-order valence-corrected chi connectivity index (χ3v) is 1.61. The van der Waals surface area contributed by atoms with E-state index in [1.54, 1.807) is 0 Å². The highest BCUT2D eigenvalue weighted by molar-refractivity contribution is 7.86. The highest BCUT2D eigenvalue weighted by Crippen LogP contribution is 2.20. The minimum atomic E-state index is -5.84. The molecule has 1 aliphatic rings. The average Bonchev–Trinajstić information content (AvgIpc) is 2.26. The second-order valence-electron chi connectivity index (χ2n) is 2.27. The first kappa shape index (κ1) is 14.4. The van der Waals surface area contributed by atoms with E-state index in [0.717, 1.165) is 6.08 Å². The number of carbonyl (C=O) groups is 2. The average molecular weight is 263 g/mol. The summed E-state index contributed by atoms with van der Waals surface area (Å²) in [5.74, 6) is -1.81. The fourth-order valence-corrected chi connectivity index (χ4v) is 0.402. The van der Waals surface area contributed by atoms with Crippen LogP contribution in [0.1, 0.15) is 0 Å². The van der Waals surface area contributed by atoms with Gasteiger partial charge in [-0.15, -0.1) is 0 Å². The van der Waals surface area contributed by atoms with E-state index in [0.29, 0.717) is 0 Å². The van der Waals surface area contributed by atoms with Gasteiger partial charge < -0.3 is 5.11 Å². The number of aliphatic hydroxyl groups excluding tert-OH is 1. The van der Waals surface area contributed by atoms with Crippen molar-refractivity contribution in [3.8, 4) is 0 Å². The fourth-order valence-electron chi connectivity index (χ4n) is 0.402. The standard InChI is InChI=1S/C4H3NO3.CHF3O3S/c6-2-1-3(7)5-4(2)8;2-1(3,4)8(5,6)7/h1H,(H2,5,6,7,8);(H,5,6,7). The Morgan fingerprint density at radius 3 is 1.69 bits per heavy atom. The van der Waals surface area contributed by atoms with Gasteiger partial charge in [-0.25, -0.2) is 0 Å². The van der Waals surface area contributed by atoms with Crippen molar-refractivity contribution in [1.29, 1.82) is 0 Å². The van der Waals surface area contributed by atoms with Crippen molar-refractivity contribution in [3.05, 3.63) is 11.8 Å². The van der Waals surface area contributed by atoms with Crippen molar-refractivity contribution < 1.29 is 40.8 Å². The number of aliphatic hydroxyl groups is 1. The number of nitrogens with one attached hydrogen (secondary N) is 1. The summed E-state index contributed by atoms with van der Waals surface area (Å²) >= 11 is 0. The van der Waals surface area contributed by atoms with E-state index in [1.165, 1.54) is 0 Å². The molecular weight excluding hydrogens is 259 g/mol. The van der Waals surface area contributed by atoms with E-state index < -0.39 is 33.2 Å². The van der Waals surface area contributed by atoms with Crippen molar-refractivity contribution in [3.63, 3.8) is 0 Å². The van der Waals surface area contributed by atoms with Gasteiger partial charge in [0.1, 0.15) is 0 Å². The molecule has 0 unspecified atom stereocenters. The van der Waals surface area contributed by atoms with Gasteiger partial charge in [0, 0.05) is 0 Å². The van der Waals surface area contributed by atoms with Crippen molar-refractivity contribution in [1.82, 2.24) is 5.32 Å². The number of alkyl halides is 3. The molecule has 0 saturated heterocycles. The molecule has 0 fully saturated rings. The summed E-state index contributed by atoms with van der Waals surface area (Å²) in [5.41, 5.74) is -5.53. The maximum Gasteiger partial charge on any atom is 0.522 e. The highest BCUT2D eigenvalue weighted by Gasteiger charge is 2.44. The lowest BCUT2D eigenvalue weighted by atomic mass is 10.5. The lowest BCUT2D eigenvalue weighted by Gasteiger charge is -1.97. The Morgan fingerprint density at radius 1 is 1.25 bits per heavy atom. The Morgan fingerprint density at radius 2 is 1.62 bits per heavy atom. The summed E-state index contributed by atoms with van der Waals surface area (Å²) < 4.78 is 57.5. The molecule has 0 atom stereocenters. The topological polar surface area (TPSA) is 121 Å². The molecular formula is C5H4F3NO6S. The minimum absolute atomic E-state index is 0.519. The predicted octanol–water partition coefficient (Wildman–Crippen LogP) is -0.521. The smallest absolute Gasteiger partial charge is 0.503 e. The zero-order chi connectivity index (χ0) is 13.1. The van der Waals surface area contributed by atoms with Gasteiger partial charge >= 0.3 is 15.6 Å². The van der Waals surface area contributed by atoms with Crippen LogP contribution >= 0.6 is 0 Å². The number of rotatable bonds is 0. The molecule has 0 spiro atoms. The fraction of sp³-hybridized carbons (Fsp3) is 0.200. The van der Waals surface area contributed by atoms with Crippen LogP contribution in [0.2, 0.25) is 0 Å². The summed E-state index contributed by atoms with van der Waals surface area (Å²) in [6, 6.07) is 0. The Labute approximate surface area is 86.3 Å². The van der Waals surface area contributed by atoms with Crippen LogP contribution in [0.4, 0.5) is 13.2 Å². The van der Waals surface area contributed by atoms with Gasteiger partial charge in [0.15, 0.2) is 5.76 Å². The molecule has 0 aliphatic carbocycles. The van der Waals surface area contributed by atoms with Crippen LogP contribution in [-0.2, 0) is 19.7 Å². The molecule has 1 aliphatic heterocycles.